The third-order valence-electron chi connectivity index (χ3n) is 4.25. The van der Waals surface area contributed by atoms with Gasteiger partial charge in [-0.15, -0.1) is 0 Å². The van der Waals surface area contributed by atoms with Crippen molar-refractivity contribution < 1.29 is 14.7 Å². The fraction of sp³-hybridized carbons (Fsp3) is 0.389. The highest BCUT2D eigenvalue weighted by molar-refractivity contribution is 5.95. The fourth-order valence-corrected chi connectivity index (χ4v) is 2.66. The van der Waals surface area contributed by atoms with Crippen molar-refractivity contribution in [2.24, 2.45) is 5.92 Å². The van der Waals surface area contributed by atoms with E-state index in [1.54, 1.807) is 18.0 Å². The predicted molar refractivity (Wildman–Crippen MR) is 88.6 cm³/mol. The van der Waals surface area contributed by atoms with Crippen molar-refractivity contribution in [2.75, 3.05) is 6.54 Å². The summed E-state index contributed by atoms with van der Waals surface area (Å²) in [6.07, 6.45) is 5.53. The van der Waals surface area contributed by atoms with Gasteiger partial charge in [-0.05, 0) is 36.6 Å². The molecule has 0 saturated heterocycles. The van der Waals surface area contributed by atoms with Crippen LogP contribution in [-0.2, 0) is 11.3 Å². The van der Waals surface area contributed by atoms with Crippen LogP contribution in [0.2, 0.25) is 0 Å². The second-order valence-corrected chi connectivity index (χ2v) is 6.33. The van der Waals surface area contributed by atoms with Gasteiger partial charge >= 0.3 is 5.97 Å². The largest absolute Gasteiger partial charge is 0.481 e. The number of hydrogen-bond donors (Lipinski definition) is 1. The molecule has 1 unspecified atom stereocenters. The first-order valence-electron chi connectivity index (χ1n) is 8.14. The number of benzene rings is 1. The Bertz CT molecular complexity index is 706. The number of carbonyl (C=O) groups excluding carboxylic acids is 1. The van der Waals surface area contributed by atoms with E-state index in [1.165, 1.54) is 0 Å². The predicted octanol–water partition coefficient (Wildman–Crippen LogP) is 2.26. The van der Waals surface area contributed by atoms with Gasteiger partial charge in [-0.25, -0.2) is 0 Å². The minimum atomic E-state index is -0.872. The smallest absolute Gasteiger partial charge is 0.308 e. The lowest BCUT2D eigenvalue weighted by Gasteiger charge is -2.24. The molecule has 6 heteroatoms. The number of aliphatic carboxylic acids is 1. The van der Waals surface area contributed by atoms with Crippen LogP contribution >= 0.6 is 0 Å². The van der Waals surface area contributed by atoms with Crippen LogP contribution < -0.4 is 0 Å². The van der Waals surface area contributed by atoms with Gasteiger partial charge in [0, 0.05) is 30.5 Å². The Labute approximate surface area is 140 Å². The maximum atomic E-state index is 12.7. The lowest BCUT2D eigenvalue weighted by Crippen LogP contribution is -2.38. The molecule has 126 valence electrons. The standard InChI is InChI=1S/C18H21N3O3/c1-13(18(23)24)11-21(16-7-8-16)17(22)15-5-3-14(4-6-15)12-20-10-2-9-19-20/h2-6,9-10,13,16H,7-8,11-12H2,1H3,(H,23,24). The molecule has 0 bridgehead atoms. The summed E-state index contributed by atoms with van der Waals surface area (Å²) in [5, 5.41) is 13.3. The van der Waals surface area contributed by atoms with Crippen molar-refractivity contribution in [1.82, 2.24) is 14.7 Å². The number of hydrogen-bond acceptors (Lipinski definition) is 3. The molecular formula is C18H21N3O3. The van der Waals surface area contributed by atoms with Crippen LogP contribution in [-0.4, -0.2) is 44.3 Å². The third kappa shape index (κ3) is 3.82. The van der Waals surface area contributed by atoms with Crippen molar-refractivity contribution in [1.29, 1.82) is 0 Å². The molecule has 1 heterocycles. The van der Waals surface area contributed by atoms with E-state index in [1.807, 2.05) is 41.2 Å². The first-order valence-corrected chi connectivity index (χ1v) is 8.14. The zero-order valence-corrected chi connectivity index (χ0v) is 13.6. The van der Waals surface area contributed by atoms with Crippen LogP contribution in [0.25, 0.3) is 0 Å². The van der Waals surface area contributed by atoms with E-state index in [-0.39, 0.29) is 18.5 Å². The van der Waals surface area contributed by atoms with Crippen molar-refractivity contribution >= 4 is 11.9 Å². The molecule has 0 radical (unpaired) electrons. The van der Waals surface area contributed by atoms with Gasteiger partial charge in [0.25, 0.3) is 5.91 Å². The molecule has 24 heavy (non-hydrogen) atoms. The maximum Gasteiger partial charge on any atom is 0.308 e. The minimum absolute atomic E-state index is 0.0868. The van der Waals surface area contributed by atoms with Crippen LogP contribution in [0.4, 0.5) is 0 Å². The summed E-state index contributed by atoms with van der Waals surface area (Å²) in [4.78, 5) is 25.5. The van der Waals surface area contributed by atoms with Crippen molar-refractivity contribution in [3.8, 4) is 0 Å². The van der Waals surface area contributed by atoms with Crippen LogP contribution in [0, 0.1) is 5.92 Å². The Morgan fingerprint density at radius 3 is 2.58 bits per heavy atom. The van der Waals surface area contributed by atoms with Crippen LogP contribution in [0.1, 0.15) is 35.7 Å². The average Bonchev–Trinajstić information content (AvgIpc) is 3.29. The van der Waals surface area contributed by atoms with E-state index in [4.69, 9.17) is 5.11 Å². The van der Waals surface area contributed by atoms with Gasteiger partial charge in [0.15, 0.2) is 0 Å². The number of carboxylic acids is 1. The number of aromatic nitrogens is 2. The number of rotatable bonds is 7. The molecule has 1 aromatic heterocycles. The lowest BCUT2D eigenvalue weighted by molar-refractivity contribution is -0.141. The average molecular weight is 327 g/mol. The van der Waals surface area contributed by atoms with Crippen molar-refractivity contribution in [3.05, 3.63) is 53.9 Å². The van der Waals surface area contributed by atoms with Gasteiger partial charge in [-0.1, -0.05) is 19.1 Å². The minimum Gasteiger partial charge on any atom is -0.481 e. The van der Waals surface area contributed by atoms with Gasteiger partial charge < -0.3 is 10.0 Å². The molecule has 1 aromatic carbocycles. The molecule has 1 amide bonds. The zero-order chi connectivity index (χ0) is 17.1. The molecule has 3 rings (SSSR count). The summed E-state index contributed by atoms with van der Waals surface area (Å²) in [5.74, 6) is -1.52. The Morgan fingerprint density at radius 1 is 1.33 bits per heavy atom. The van der Waals surface area contributed by atoms with Crippen LogP contribution in [0.3, 0.4) is 0 Å². The van der Waals surface area contributed by atoms with Gasteiger partial charge in [-0.2, -0.15) is 5.10 Å². The normalized spacial score (nSPS) is 15.0. The summed E-state index contributed by atoms with van der Waals surface area (Å²) in [6.45, 7) is 2.55. The second-order valence-electron chi connectivity index (χ2n) is 6.33. The molecule has 1 fully saturated rings. The summed E-state index contributed by atoms with van der Waals surface area (Å²) < 4.78 is 1.82. The van der Waals surface area contributed by atoms with Gasteiger partial charge in [-0.3, -0.25) is 14.3 Å². The molecule has 1 aliphatic carbocycles. The van der Waals surface area contributed by atoms with Crippen molar-refractivity contribution in [2.45, 2.75) is 32.4 Å². The molecule has 1 saturated carbocycles. The van der Waals surface area contributed by atoms with E-state index in [0.717, 1.165) is 18.4 Å². The van der Waals surface area contributed by atoms with E-state index < -0.39 is 11.9 Å². The summed E-state index contributed by atoms with van der Waals surface area (Å²) >= 11 is 0. The number of nitrogens with zero attached hydrogens (tertiary/aromatic N) is 3. The Kier molecular flexibility index (Phi) is 4.64. The number of carboxylic acid groups (broad SMARTS) is 1. The molecule has 1 N–H and O–H groups in total. The van der Waals surface area contributed by atoms with Gasteiger partial charge in [0.05, 0.1) is 12.5 Å². The molecule has 2 aromatic rings. The topological polar surface area (TPSA) is 75.4 Å². The summed E-state index contributed by atoms with van der Waals surface area (Å²) in [5.41, 5.74) is 1.66. The highest BCUT2D eigenvalue weighted by Gasteiger charge is 2.34. The summed E-state index contributed by atoms with van der Waals surface area (Å²) in [7, 11) is 0. The highest BCUT2D eigenvalue weighted by atomic mass is 16.4. The molecule has 1 aliphatic rings. The highest BCUT2D eigenvalue weighted by Crippen LogP contribution is 2.29. The fourth-order valence-electron chi connectivity index (χ4n) is 2.66. The van der Waals surface area contributed by atoms with E-state index in [2.05, 4.69) is 5.10 Å². The number of carbonyl (C=O) groups is 2. The molecule has 6 nitrogen and oxygen atoms in total. The lowest BCUT2D eigenvalue weighted by atomic mass is 10.1. The molecule has 1 atom stereocenters. The Morgan fingerprint density at radius 2 is 2.04 bits per heavy atom. The molecular weight excluding hydrogens is 306 g/mol. The van der Waals surface area contributed by atoms with E-state index in [0.29, 0.717) is 12.1 Å². The quantitative estimate of drug-likeness (QED) is 0.846. The van der Waals surface area contributed by atoms with Gasteiger partial charge in [0.1, 0.15) is 0 Å². The van der Waals surface area contributed by atoms with E-state index >= 15 is 0 Å². The number of amides is 1. The van der Waals surface area contributed by atoms with Crippen LogP contribution in [0.15, 0.2) is 42.7 Å². The maximum absolute atomic E-state index is 12.7. The zero-order valence-electron chi connectivity index (χ0n) is 13.6. The van der Waals surface area contributed by atoms with E-state index in [9.17, 15) is 9.59 Å². The third-order valence-corrected chi connectivity index (χ3v) is 4.25. The molecule has 0 aliphatic heterocycles. The van der Waals surface area contributed by atoms with Crippen molar-refractivity contribution in [3.63, 3.8) is 0 Å². The first-order chi connectivity index (χ1) is 11.5. The SMILES string of the molecule is CC(CN(C(=O)c1ccc(Cn2cccn2)cc1)C1CC1)C(=O)O. The molecule has 0 spiro atoms. The first kappa shape index (κ1) is 16.2. The monoisotopic (exact) mass is 327 g/mol. The van der Waals surface area contributed by atoms with Crippen LogP contribution in [0.5, 0.6) is 0 Å². The Hall–Kier alpha value is -2.63. The Balaban J connectivity index is 1.69. The van der Waals surface area contributed by atoms with Gasteiger partial charge in [0.2, 0.25) is 0 Å². The summed E-state index contributed by atoms with van der Waals surface area (Å²) in [6, 6.07) is 9.50. The second kappa shape index (κ2) is 6.86.